The molecule has 27 heavy (non-hydrogen) atoms. The second kappa shape index (κ2) is 10.9. The van der Waals surface area contributed by atoms with Crippen molar-refractivity contribution in [2.24, 2.45) is 0 Å². The van der Waals surface area contributed by atoms with E-state index in [9.17, 15) is 4.79 Å². The molecule has 1 aliphatic rings. The summed E-state index contributed by atoms with van der Waals surface area (Å²) >= 11 is 0. The van der Waals surface area contributed by atoms with Crippen LogP contribution in [0, 0.1) is 0 Å². The highest BCUT2D eigenvalue weighted by Gasteiger charge is 2.22. The summed E-state index contributed by atoms with van der Waals surface area (Å²) in [5, 5.41) is 0. The van der Waals surface area contributed by atoms with E-state index in [1.54, 1.807) is 0 Å². The summed E-state index contributed by atoms with van der Waals surface area (Å²) in [6.45, 7) is 3.43. The molecule has 144 valence electrons. The van der Waals surface area contributed by atoms with Gasteiger partial charge in [0.15, 0.2) is 0 Å². The zero-order valence-electron chi connectivity index (χ0n) is 15.9. The van der Waals surface area contributed by atoms with Gasteiger partial charge in [0.05, 0.1) is 25.9 Å². The second-order valence-corrected chi connectivity index (χ2v) is 6.97. The molecule has 1 amide bonds. The Hall–Kier alpha value is -2.17. The lowest BCUT2D eigenvalue weighted by Gasteiger charge is -2.32. The number of benzene rings is 2. The zero-order valence-corrected chi connectivity index (χ0v) is 15.9. The van der Waals surface area contributed by atoms with Gasteiger partial charge >= 0.3 is 0 Å². The van der Waals surface area contributed by atoms with Crippen LogP contribution in [0.3, 0.4) is 0 Å². The molecular formula is C23H29NO3. The van der Waals surface area contributed by atoms with Crippen molar-refractivity contribution in [3.8, 4) is 0 Å². The maximum absolute atomic E-state index is 12.4. The van der Waals surface area contributed by atoms with Gasteiger partial charge in [-0.05, 0) is 30.4 Å². The molecule has 0 aliphatic carbocycles. The molecule has 0 saturated carbocycles. The Bertz CT molecular complexity index is 667. The Morgan fingerprint density at radius 2 is 1.52 bits per heavy atom. The average molecular weight is 367 g/mol. The number of likely N-dealkylation sites (tertiary alicyclic amines) is 1. The molecule has 1 heterocycles. The fraction of sp³-hybridized carbons (Fsp3) is 0.435. The maximum Gasteiger partial charge on any atom is 0.222 e. The van der Waals surface area contributed by atoms with Gasteiger partial charge in [-0.25, -0.2) is 0 Å². The number of rotatable bonds is 9. The van der Waals surface area contributed by atoms with Gasteiger partial charge in [0.1, 0.15) is 0 Å². The highest BCUT2D eigenvalue weighted by molar-refractivity contribution is 5.76. The molecule has 0 spiro atoms. The first-order chi connectivity index (χ1) is 13.3. The van der Waals surface area contributed by atoms with Crippen LogP contribution in [0.1, 0.15) is 30.4 Å². The largest absolute Gasteiger partial charge is 0.376 e. The summed E-state index contributed by atoms with van der Waals surface area (Å²) in [6.07, 6.45) is 3.46. The molecular weight excluding hydrogens is 338 g/mol. The van der Waals surface area contributed by atoms with Crippen LogP contribution in [0.25, 0.3) is 0 Å². The zero-order chi connectivity index (χ0) is 18.7. The minimum Gasteiger partial charge on any atom is -0.376 e. The third kappa shape index (κ3) is 6.81. The molecule has 3 rings (SSSR count). The lowest BCUT2D eigenvalue weighted by molar-refractivity contribution is -0.134. The standard InChI is InChI=1S/C23H29NO3/c25-23(12-11-20-7-3-1-4-8-20)24-15-13-22(14-16-24)27-18-17-26-19-21-9-5-2-6-10-21/h1-10,22H,11-19H2. The molecule has 0 bridgehead atoms. The Morgan fingerprint density at radius 3 is 2.19 bits per heavy atom. The Balaban J connectivity index is 1.26. The highest BCUT2D eigenvalue weighted by atomic mass is 16.5. The van der Waals surface area contributed by atoms with E-state index in [1.165, 1.54) is 11.1 Å². The topological polar surface area (TPSA) is 38.8 Å². The van der Waals surface area contributed by atoms with Gasteiger partial charge in [-0.15, -0.1) is 0 Å². The van der Waals surface area contributed by atoms with E-state index in [0.717, 1.165) is 32.4 Å². The van der Waals surface area contributed by atoms with Crippen molar-refractivity contribution < 1.29 is 14.3 Å². The molecule has 0 unspecified atom stereocenters. The first-order valence-electron chi connectivity index (χ1n) is 9.86. The second-order valence-electron chi connectivity index (χ2n) is 6.97. The molecule has 2 aromatic carbocycles. The predicted octanol–water partition coefficient (Wildman–Crippen LogP) is 3.84. The van der Waals surface area contributed by atoms with Crippen molar-refractivity contribution in [3.63, 3.8) is 0 Å². The Morgan fingerprint density at radius 1 is 0.889 bits per heavy atom. The smallest absolute Gasteiger partial charge is 0.222 e. The summed E-state index contributed by atoms with van der Waals surface area (Å²) in [6, 6.07) is 20.4. The number of aryl methyl sites for hydroxylation is 1. The average Bonchev–Trinajstić information content (AvgIpc) is 2.74. The van der Waals surface area contributed by atoms with Crippen LogP contribution in [0.15, 0.2) is 60.7 Å². The van der Waals surface area contributed by atoms with Crippen molar-refractivity contribution in [1.29, 1.82) is 0 Å². The molecule has 1 aliphatic heterocycles. The van der Waals surface area contributed by atoms with Gasteiger partial charge in [0, 0.05) is 19.5 Å². The molecule has 0 atom stereocenters. The van der Waals surface area contributed by atoms with Crippen LogP contribution in [-0.2, 0) is 27.3 Å². The third-order valence-electron chi connectivity index (χ3n) is 4.96. The van der Waals surface area contributed by atoms with E-state index < -0.39 is 0 Å². The van der Waals surface area contributed by atoms with Gasteiger partial charge in [-0.3, -0.25) is 4.79 Å². The van der Waals surface area contributed by atoms with E-state index in [-0.39, 0.29) is 12.0 Å². The van der Waals surface area contributed by atoms with Crippen molar-refractivity contribution in [3.05, 3.63) is 71.8 Å². The number of ether oxygens (including phenoxy) is 2. The molecule has 1 saturated heterocycles. The lowest BCUT2D eigenvalue weighted by Crippen LogP contribution is -2.41. The molecule has 0 aromatic heterocycles. The van der Waals surface area contributed by atoms with Crippen molar-refractivity contribution in [2.45, 2.75) is 38.4 Å². The number of hydrogen-bond donors (Lipinski definition) is 0. The van der Waals surface area contributed by atoms with Gasteiger partial charge < -0.3 is 14.4 Å². The predicted molar refractivity (Wildman–Crippen MR) is 106 cm³/mol. The third-order valence-corrected chi connectivity index (χ3v) is 4.96. The van der Waals surface area contributed by atoms with Crippen LogP contribution in [0.4, 0.5) is 0 Å². The minimum absolute atomic E-state index is 0.239. The Labute approximate surface area is 162 Å². The summed E-state index contributed by atoms with van der Waals surface area (Å²) < 4.78 is 11.6. The number of carbonyl (C=O) groups excluding carboxylic acids is 1. The van der Waals surface area contributed by atoms with E-state index in [2.05, 4.69) is 24.3 Å². The first-order valence-corrected chi connectivity index (χ1v) is 9.86. The number of amides is 1. The fourth-order valence-electron chi connectivity index (χ4n) is 3.36. The Kier molecular flexibility index (Phi) is 7.87. The maximum atomic E-state index is 12.4. The molecule has 4 heteroatoms. The first kappa shape index (κ1) is 19.6. The molecule has 2 aromatic rings. The van der Waals surface area contributed by atoms with Crippen molar-refractivity contribution >= 4 is 5.91 Å². The van der Waals surface area contributed by atoms with Gasteiger partial charge in [-0.1, -0.05) is 60.7 Å². The van der Waals surface area contributed by atoms with Gasteiger partial charge in [0.2, 0.25) is 5.91 Å². The quantitative estimate of drug-likeness (QED) is 0.632. The molecule has 0 radical (unpaired) electrons. The van der Waals surface area contributed by atoms with Crippen molar-refractivity contribution in [1.82, 2.24) is 4.90 Å². The van der Waals surface area contributed by atoms with Crippen molar-refractivity contribution in [2.75, 3.05) is 26.3 Å². The molecule has 1 fully saturated rings. The van der Waals surface area contributed by atoms with Crippen LogP contribution in [0.2, 0.25) is 0 Å². The van der Waals surface area contributed by atoms with Gasteiger partial charge in [-0.2, -0.15) is 0 Å². The molecule has 0 N–H and O–H groups in total. The highest BCUT2D eigenvalue weighted by Crippen LogP contribution is 2.15. The fourth-order valence-corrected chi connectivity index (χ4v) is 3.36. The van der Waals surface area contributed by atoms with Crippen LogP contribution >= 0.6 is 0 Å². The van der Waals surface area contributed by atoms with Crippen LogP contribution < -0.4 is 0 Å². The monoisotopic (exact) mass is 367 g/mol. The van der Waals surface area contributed by atoms with Crippen LogP contribution in [-0.4, -0.2) is 43.2 Å². The summed E-state index contributed by atoms with van der Waals surface area (Å²) in [7, 11) is 0. The SMILES string of the molecule is O=C(CCc1ccccc1)N1CCC(OCCOCc2ccccc2)CC1. The minimum atomic E-state index is 0.239. The van der Waals surface area contributed by atoms with Crippen LogP contribution in [0.5, 0.6) is 0 Å². The number of nitrogens with zero attached hydrogens (tertiary/aromatic N) is 1. The van der Waals surface area contributed by atoms with E-state index in [4.69, 9.17) is 9.47 Å². The summed E-state index contributed by atoms with van der Waals surface area (Å²) in [4.78, 5) is 14.4. The molecule has 4 nitrogen and oxygen atoms in total. The summed E-state index contributed by atoms with van der Waals surface area (Å²) in [5.41, 5.74) is 2.40. The normalized spacial score (nSPS) is 15.0. The lowest BCUT2D eigenvalue weighted by atomic mass is 10.1. The number of hydrogen-bond acceptors (Lipinski definition) is 3. The summed E-state index contributed by atoms with van der Waals surface area (Å²) in [5.74, 6) is 0.253. The van der Waals surface area contributed by atoms with E-state index >= 15 is 0 Å². The van der Waals surface area contributed by atoms with E-state index in [1.807, 2.05) is 41.3 Å². The number of carbonyl (C=O) groups is 1. The van der Waals surface area contributed by atoms with E-state index in [0.29, 0.717) is 26.2 Å². The number of piperidine rings is 1. The van der Waals surface area contributed by atoms with Gasteiger partial charge in [0.25, 0.3) is 0 Å².